The Bertz CT molecular complexity index is 379. The number of hydrogen-bond acceptors (Lipinski definition) is 4. The first-order valence-corrected chi connectivity index (χ1v) is 6.46. The number of hydrogen-bond donors (Lipinski definition) is 2. The van der Waals surface area contributed by atoms with E-state index in [1.807, 2.05) is 24.3 Å². The summed E-state index contributed by atoms with van der Waals surface area (Å²) in [5, 5.41) is 8.75. The van der Waals surface area contributed by atoms with Gasteiger partial charge in [0.2, 0.25) is 0 Å². The number of benzene rings is 1. The summed E-state index contributed by atoms with van der Waals surface area (Å²) in [6.07, 6.45) is 4.01. The molecule has 1 N–H and O–H groups in total. The summed E-state index contributed by atoms with van der Waals surface area (Å²) in [6.45, 7) is 3.86. The van der Waals surface area contributed by atoms with E-state index in [2.05, 4.69) is 19.2 Å². The van der Waals surface area contributed by atoms with Crippen LogP contribution in [0.15, 0.2) is 30.9 Å². The summed E-state index contributed by atoms with van der Waals surface area (Å²) in [7, 11) is 1.61. The molecule has 0 radical (unpaired) electrons. The van der Waals surface area contributed by atoms with Gasteiger partial charge in [0, 0.05) is 6.61 Å². The van der Waals surface area contributed by atoms with Crippen LogP contribution in [-0.4, -0.2) is 24.3 Å². The Labute approximate surface area is 114 Å². The van der Waals surface area contributed by atoms with Gasteiger partial charge in [-0.05, 0) is 37.0 Å². The van der Waals surface area contributed by atoms with Gasteiger partial charge in [0.1, 0.15) is 5.44 Å². The molecule has 0 saturated heterocycles. The number of ether oxygens (including phenoxy) is 2. The Kier molecular flexibility index (Phi) is 6.68. The van der Waals surface area contributed by atoms with Gasteiger partial charge in [-0.25, -0.2) is 0 Å². The molecular formula is C14H20O3S. The van der Waals surface area contributed by atoms with Crippen molar-refractivity contribution in [2.75, 3.05) is 13.7 Å². The highest BCUT2D eigenvalue weighted by molar-refractivity contribution is 7.80. The molecular weight excluding hydrogens is 248 g/mol. The van der Waals surface area contributed by atoms with Crippen molar-refractivity contribution < 1.29 is 14.6 Å². The molecule has 0 amide bonds. The molecule has 1 atom stereocenters. The van der Waals surface area contributed by atoms with Crippen LogP contribution in [0.1, 0.15) is 18.4 Å². The summed E-state index contributed by atoms with van der Waals surface area (Å²) in [5.74, 6) is 1.36. The molecule has 0 heterocycles. The lowest BCUT2D eigenvalue weighted by Crippen LogP contribution is -2.10. The number of allylic oxidation sites excluding steroid dienone is 1. The van der Waals surface area contributed by atoms with E-state index in [0.29, 0.717) is 24.3 Å². The standard InChI is InChI=1S/C14H20O3S/c1-3-5-11-7-8-12(13(10-11)16-2)17-14(18)6-4-9-15/h3,7-8,10,14-15,18H,1,4-6,9H2,2H3. The van der Waals surface area contributed by atoms with E-state index in [1.165, 1.54) is 0 Å². The summed E-state index contributed by atoms with van der Waals surface area (Å²) in [5.41, 5.74) is 0.886. The van der Waals surface area contributed by atoms with Gasteiger partial charge in [-0.2, -0.15) is 0 Å². The lowest BCUT2D eigenvalue weighted by atomic mass is 10.1. The van der Waals surface area contributed by atoms with Crippen molar-refractivity contribution in [1.29, 1.82) is 0 Å². The van der Waals surface area contributed by atoms with E-state index in [9.17, 15) is 0 Å². The molecule has 0 aliphatic rings. The number of thiol groups is 1. The number of aliphatic hydroxyl groups excluding tert-OH is 1. The zero-order valence-corrected chi connectivity index (χ0v) is 11.5. The van der Waals surface area contributed by atoms with Gasteiger partial charge in [0.25, 0.3) is 0 Å². The Hall–Kier alpha value is -1.13. The van der Waals surface area contributed by atoms with Crippen molar-refractivity contribution in [2.24, 2.45) is 0 Å². The van der Waals surface area contributed by atoms with Crippen LogP contribution < -0.4 is 9.47 Å². The predicted octanol–water partition coefficient (Wildman–Crippen LogP) is 2.83. The van der Waals surface area contributed by atoms with Crippen LogP contribution in [-0.2, 0) is 6.42 Å². The lowest BCUT2D eigenvalue weighted by molar-refractivity contribution is 0.230. The summed E-state index contributed by atoms with van der Waals surface area (Å²) < 4.78 is 11.0. The molecule has 18 heavy (non-hydrogen) atoms. The average molecular weight is 268 g/mol. The maximum atomic E-state index is 8.75. The molecule has 1 unspecified atom stereocenters. The van der Waals surface area contributed by atoms with Crippen molar-refractivity contribution >= 4 is 12.6 Å². The third kappa shape index (κ3) is 4.63. The Balaban J connectivity index is 2.72. The van der Waals surface area contributed by atoms with Crippen molar-refractivity contribution in [2.45, 2.75) is 24.7 Å². The van der Waals surface area contributed by atoms with Crippen LogP contribution in [0.2, 0.25) is 0 Å². The van der Waals surface area contributed by atoms with Crippen LogP contribution >= 0.6 is 12.6 Å². The van der Waals surface area contributed by atoms with Gasteiger partial charge in [-0.15, -0.1) is 19.2 Å². The van der Waals surface area contributed by atoms with Crippen LogP contribution in [0.3, 0.4) is 0 Å². The molecule has 1 aromatic rings. The zero-order valence-electron chi connectivity index (χ0n) is 10.6. The molecule has 0 spiro atoms. The smallest absolute Gasteiger partial charge is 0.162 e. The third-order valence-electron chi connectivity index (χ3n) is 2.48. The minimum Gasteiger partial charge on any atom is -0.493 e. The minimum absolute atomic E-state index is 0.149. The molecule has 0 aliphatic heterocycles. The van der Waals surface area contributed by atoms with E-state index in [-0.39, 0.29) is 12.0 Å². The SMILES string of the molecule is C=CCc1ccc(OC(S)CCCO)c(OC)c1. The molecule has 4 heteroatoms. The largest absolute Gasteiger partial charge is 0.493 e. The fourth-order valence-electron chi connectivity index (χ4n) is 1.57. The molecule has 0 aromatic heterocycles. The minimum atomic E-state index is -0.240. The second-order valence-corrected chi connectivity index (χ2v) is 4.49. The van der Waals surface area contributed by atoms with Gasteiger partial charge in [-0.3, -0.25) is 0 Å². The average Bonchev–Trinajstić information content (AvgIpc) is 2.38. The topological polar surface area (TPSA) is 38.7 Å². The normalized spacial score (nSPS) is 11.9. The molecule has 0 fully saturated rings. The summed E-state index contributed by atoms with van der Waals surface area (Å²) in [4.78, 5) is 0. The van der Waals surface area contributed by atoms with E-state index < -0.39 is 0 Å². The quantitative estimate of drug-likeness (QED) is 0.432. The number of methoxy groups -OCH3 is 1. The molecule has 1 rings (SSSR count). The van der Waals surface area contributed by atoms with E-state index >= 15 is 0 Å². The molecule has 0 aliphatic carbocycles. The predicted molar refractivity (Wildman–Crippen MR) is 76.6 cm³/mol. The Morgan fingerprint density at radius 3 is 2.83 bits per heavy atom. The van der Waals surface area contributed by atoms with Gasteiger partial charge >= 0.3 is 0 Å². The molecule has 100 valence electrons. The van der Waals surface area contributed by atoms with Gasteiger partial charge in [-0.1, -0.05) is 12.1 Å². The van der Waals surface area contributed by atoms with Crippen LogP contribution in [0.25, 0.3) is 0 Å². The molecule has 3 nitrogen and oxygen atoms in total. The van der Waals surface area contributed by atoms with E-state index in [0.717, 1.165) is 12.0 Å². The fraction of sp³-hybridized carbons (Fsp3) is 0.429. The Morgan fingerprint density at radius 2 is 2.22 bits per heavy atom. The van der Waals surface area contributed by atoms with E-state index in [1.54, 1.807) is 7.11 Å². The van der Waals surface area contributed by atoms with Gasteiger partial charge in [0.15, 0.2) is 11.5 Å². The van der Waals surface area contributed by atoms with Crippen LogP contribution in [0, 0.1) is 0 Å². The highest BCUT2D eigenvalue weighted by Gasteiger charge is 2.10. The molecule has 0 bridgehead atoms. The number of rotatable bonds is 8. The highest BCUT2D eigenvalue weighted by Crippen LogP contribution is 2.30. The summed E-state index contributed by atoms with van der Waals surface area (Å²) >= 11 is 4.32. The monoisotopic (exact) mass is 268 g/mol. The first kappa shape index (κ1) is 14.9. The van der Waals surface area contributed by atoms with E-state index in [4.69, 9.17) is 14.6 Å². The molecule has 1 aromatic carbocycles. The second-order valence-electron chi connectivity index (χ2n) is 3.92. The number of aliphatic hydroxyl groups is 1. The highest BCUT2D eigenvalue weighted by atomic mass is 32.1. The first-order chi connectivity index (χ1) is 8.71. The third-order valence-corrected chi connectivity index (χ3v) is 2.84. The summed E-state index contributed by atoms with van der Waals surface area (Å²) in [6, 6.07) is 5.79. The second kappa shape index (κ2) is 8.06. The maximum Gasteiger partial charge on any atom is 0.162 e. The van der Waals surface area contributed by atoms with Gasteiger partial charge in [0.05, 0.1) is 7.11 Å². The first-order valence-electron chi connectivity index (χ1n) is 5.94. The lowest BCUT2D eigenvalue weighted by Gasteiger charge is -2.16. The van der Waals surface area contributed by atoms with Crippen LogP contribution in [0.4, 0.5) is 0 Å². The Morgan fingerprint density at radius 1 is 1.44 bits per heavy atom. The maximum absolute atomic E-state index is 8.75. The molecule has 0 saturated carbocycles. The van der Waals surface area contributed by atoms with Crippen molar-refractivity contribution in [3.8, 4) is 11.5 Å². The van der Waals surface area contributed by atoms with Crippen molar-refractivity contribution in [3.63, 3.8) is 0 Å². The fourth-order valence-corrected chi connectivity index (χ4v) is 1.87. The van der Waals surface area contributed by atoms with Crippen molar-refractivity contribution in [3.05, 3.63) is 36.4 Å². The zero-order chi connectivity index (χ0) is 13.4. The van der Waals surface area contributed by atoms with Crippen molar-refractivity contribution in [1.82, 2.24) is 0 Å². The van der Waals surface area contributed by atoms with Gasteiger partial charge < -0.3 is 14.6 Å². The van der Waals surface area contributed by atoms with Crippen LogP contribution in [0.5, 0.6) is 11.5 Å².